The number of carbonyl (C=O) groups is 4. The molecule has 4 rings (SSSR count). The molecule has 4 N–H and O–H groups in total. The zero-order chi connectivity index (χ0) is 35.0. The normalized spacial score (nSPS) is 21.2. The maximum atomic E-state index is 14.4. The third-order valence-electron chi connectivity index (χ3n) is 9.03. The molecule has 2 saturated carbocycles. The molecule has 0 spiro atoms. The van der Waals surface area contributed by atoms with Crippen LogP contribution in [0.25, 0.3) is 0 Å². The third-order valence-corrected chi connectivity index (χ3v) is 9.85. The van der Waals surface area contributed by atoms with E-state index in [9.17, 15) is 29.4 Å². The van der Waals surface area contributed by atoms with Crippen LogP contribution in [0, 0.1) is 23.7 Å². The van der Waals surface area contributed by atoms with E-state index in [1.54, 1.807) is 0 Å². The first-order chi connectivity index (χ1) is 23.0. The number of nitrogens with two attached hydrogens (primary N) is 1. The Labute approximate surface area is 289 Å². The number of aliphatic carboxylic acids is 2. The number of rotatable bonds is 19. The highest BCUT2D eigenvalue weighted by molar-refractivity contribution is 6.42. The number of hydrogen-bond acceptors (Lipinski definition) is 10. The average molecular weight is 710 g/mol. The summed E-state index contributed by atoms with van der Waals surface area (Å²) in [6.45, 7) is 1.89. The van der Waals surface area contributed by atoms with Crippen molar-refractivity contribution in [2.45, 2.75) is 50.9 Å². The highest BCUT2D eigenvalue weighted by Gasteiger charge is 2.60. The van der Waals surface area contributed by atoms with Gasteiger partial charge in [0.05, 0.1) is 72.4 Å². The minimum absolute atomic E-state index is 0.00463. The molecule has 0 aromatic heterocycles. The number of ether oxygens (including phenoxy) is 4. The van der Waals surface area contributed by atoms with Gasteiger partial charge in [-0.1, -0.05) is 35.3 Å². The number of halogens is 2. The van der Waals surface area contributed by atoms with Crippen molar-refractivity contribution in [2.75, 3.05) is 46.7 Å². The van der Waals surface area contributed by atoms with Gasteiger partial charge >= 0.3 is 23.9 Å². The molecule has 1 heterocycles. The largest absolute Gasteiger partial charge is 0.478 e. The summed E-state index contributed by atoms with van der Waals surface area (Å²) in [4.78, 5) is 58.1. The summed E-state index contributed by atoms with van der Waals surface area (Å²) in [5, 5.41) is 20.3. The van der Waals surface area contributed by atoms with Gasteiger partial charge in [-0.05, 0) is 74.8 Å². The standard InChI is InChI=1S/C34H42Cl2N2O10/c1-19-28(32(43)45-2)34(24(31(41)42)17-27(39)40,23-6-3-7-25(35)30(23)36)29(26(38-19)18-47-16-15-46-14-12-37)33(44)48-13-4-5-22(20-8-9-20)21-10-11-21/h3,6-7,17,20-22,28H,4-5,8-16,18,37H2,1-2H3,(H,39,40)(H,41,42). The predicted octanol–water partition coefficient (Wildman–Crippen LogP) is 4.60. The van der Waals surface area contributed by atoms with Gasteiger partial charge in [0.2, 0.25) is 0 Å². The van der Waals surface area contributed by atoms with Crippen molar-refractivity contribution in [2.24, 2.45) is 34.4 Å². The lowest BCUT2D eigenvalue weighted by Gasteiger charge is -2.44. The molecule has 2 atom stereocenters. The number of carboxylic acids is 2. The number of aliphatic imine (C=N–C) groups is 1. The lowest BCUT2D eigenvalue weighted by molar-refractivity contribution is -0.146. The SMILES string of the molecule is COC(=O)C1C(C)=NC(COCCOCCN)=C(C(=O)OCCCC(C2CC2)C2CC2)C1(C(=CC(=O)O)C(=O)O)c1cccc(Cl)c1Cl. The van der Waals surface area contributed by atoms with E-state index >= 15 is 0 Å². The summed E-state index contributed by atoms with van der Waals surface area (Å²) in [6.07, 6.45) is 6.68. The molecule has 1 aromatic rings. The maximum Gasteiger partial charge on any atom is 0.337 e. The Hall–Kier alpha value is -3.29. The van der Waals surface area contributed by atoms with Crippen molar-refractivity contribution in [3.05, 3.63) is 56.7 Å². The summed E-state index contributed by atoms with van der Waals surface area (Å²) >= 11 is 13.2. The van der Waals surface area contributed by atoms with E-state index in [2.05, 4.69) is 4.99 Å². The molecule has 0 saturated heterocycles. The molecule has 12 nitrogen and oxygen atoms in total. The van der Waals surface area contributed by atoms with Gasteiger partial charge in [-0.2, -0.15) is 0 Å². The van der Waals surface area contributed by atoms with Crippen molar-refractivity contribution in [1.82, 2.24) is 0 Å². The molecule has 0 amide bonds. The summed E-state index contributed by atoms with van der Waals surface area (Å²) in [6, 6.07) is 4.26. The number of methoxy groups -OCH3 is 1. The second-order valence-electron chi connectivity index (χ2n) is 12.2. The van der Waals surface area contributed by atoms with Gasteiger partial charge in [0.15, 0.2) is 0 Å². The fraction of sp³-hybridized carbons (Fsp3) is 0.559. The van der Waals surface area contributed by atoms with Crippen molar-refractivity contribution in [3.63, 3.8) is 0 Å². The van der Waals surface area contributed by atoms with Gasteiger partial charge in [0.1, 0.15) is 5.92 Å². The van der Waals surface area contributed by atoms with E-state index in [1.807, 2.05) is 0 Å². The van der Waals surface area contributed by atoms with E-state index in [0.29, 0.717) is 43.4 Å². The van der Waals surface area contributed by atoms with Crippen LogP contribution in [-0.2, 0) is 43.5 Å². The minimum Gasteiger partial charge on any atom is -0.478 e. The lowest BCUT2D eigenvalue weighted by atomic mass is 9.57. The van der Waals surface area contributed by atoms with Crippen molar-refractivity contribution in [1.29, 1.82) is 0 Å². The van der Waals surface area contributed by atoms with E-state index in [-0.39, 0.29) is 53.4 Å². The second kappa shape index (κ2) is 16.9. The lowest BCUT2D eigenvalue weighted by Crippen LogP contribution is -2.53. The van der Waals surface area contributed by atoms with Crippen LogP contribution in [0.2, 0.25) is 10.0 Å². The van der Waals surface area contributed by atoms with Gasteiger partial charge < -0.3 is 34.9 Å². The molecule has 2 aliphatic carbocycles. The molecular formula is C34H42Cl2N2O10. The van der Waals surface area contributed by atoms with Crippen LogP contribution in [0.15, 0.2) is 46.1 Å². The Kier molecular flexibility index (Phi) is 13.2. The first-order valence-electron chi connectivity index (χ1n) is 16.0. The molecule has 3 aliphatic rings. The van der Waals surface area contributed by atoms with Crippen LogP contribution in [0.4, 0.5) is 0 Å². The Morgan fingerprint density at radius 1 is 1.04 bits per heavy atom. The van der Waals surface area contributed by atoms with Crippen LogP contribution >= 0.6 is 23.2 Å². The van der Waals surface area contributed by atoms with Crippen molar-refractivity contribution < 1.29 is 48.3 Å². The fourth-order valence-electron chi connectivity index (χ4n) is 6.80. The van der Waals surface area contributed by atoms with Crippen LogP contribution in [0.3, 0.4) is 0 Å². The molecule has 1 aromatic carbocycles. The van der Waals surface area contributed by atoms with Crippen LogP contribution in [0.5, 0.6) is 0 Å². The van der Waals surface area contributed by atoms with Crippen LogP contribution in [-0.4, -0.2) is 86.5 Å². The molecule has 2 unspecified atom stereocenters. The third kappa shape index (κ3) is 8.46. The Balaban J connectivity index is 1.89. The number of carboxylic acid groups (broad SMARTS) is 2. The second-order valence-corrected chi connectivity index (χ2v) is 13.0. The van der Waals surface area contributed by atoms with E-state index in [1.165, 1.54) is 50.8 Å². The minimum atomic E-state index is -2.43. The van der Waals surface area contributed by atoms with E-state index in [0.717, 1.165) is 13.5 Å². The van der Waals surface area contributed by atoms with Crippen molar-refractivity contribution >= 4 is 52.8 Å². The number of benzene rings is 1. The Morgan fingerprint density at radius 3 is 2.29 bits per heavy atom. The molecule has 0 bridgehead atoms. The monoisotopic (exact) mass is 708 g/mol. The predicted molar refractivity (Wildman–Crippen MR) is 177 cm³/mol. The average Bonchev–Trinajstić information content (AvgIpc) is 3.97. The number of hydrogen-bond donors (Lipinski definition) is 3. The first kappa shape index (κ1) is 37.5. The number of carbonyl (C=O) groups excluding carboxylic acids is 2. The topological polar surface area (TPSA) is 184 Å². The number of esters is 2. The zero-order valence-electron chi connectivity index (χ0n) is 27.0. The summed E-state index contributed by atoms with van der Waals surface area (Å²) in [5.74, 6) is -5.11. The smallest absolute Gasteiger partial charge is 0.337 e. The van der Waals surface area contributed by atoms with Gasteiger partial charge in [-0.15, -0.1) is 0 Å². The fourth-order valence-corrected chi connectivity index (χ4v) is 7.25. The van der Waals surface area contributed by atoms with Crippen LogP contribution < -0.4 is 5.73 Å². The molecular weight excluding hydrogens is 667 g/mol. The molecule has 0 radical (unpaired) electrons. The highest BCUT2D eigenvalue weighted by Crippen LogP contribution is 2.54. The summed E-state index contributed by atoms with van der Waals surface area (Å²) < 4.78 is 22.1. The Morgan fingerprint density at radius 2 is 1.71 bits per heavy atom. The van der Waals surface area contributed by atoms with Gasteiger partial charge in [0.25, 0.3) is 0 Å². The highest BCUT2D eigenvalue weighted by atomic mass is 35.5. The van der Waals surface area contributed by atoms with E-state index < -0.39 is 46.4 Å². The molecule has 2 fully saturated rings. The van der Waals surface area contributed by atoms with Crippen molar-refractivity contribution in [3.8, 4) is 0 Å². The zero-order valence-corrected chi connectivity index (χ0v) is 28.6. The van der Waals surface area contributed by atoms with E-state index in [4.69, 9.17) is 47.9 Å². The maximum absolute atomic E-state index is 14.4. The van der Waals surface area contributed by atoms with Gasteiger partial charge in [-0.3, -0.25) is 9.79 Å². The summed E-state index contributed by atoms with van der Waals surface area (Å²) in [5.41, 5.74) is 1.57. The Bertz CT molecular complexity index is 1470. The molecule has 48 heavy (non-hydrogen) atoms. The quantitative estimate of drug-likeness (QED) is 0.104. The first-order valence-corrected chi connectivity index (χ1v) is 16.8. The molecule has 14 heteroatoms. The number of nitrogens with zero attached hydrogens (tertiary/aromatic N) is 1. The van der Waals surface area contributed by atoms with Crippen LogP contribution in [0.1, 0.15) is 51.0 Å². The van der Waals surface area contributed by atoms with Gasteiger partial charge in [-0.25, -0.2) is 14.4 Å². The molecule has 1 aliphatic heterocycles. The summed E-state index contributed by atoms with van der Waals surface area (Å²) in [7, 11) is 1.08. The molecule has 262 valence electrons. The van der Waals surface area contributed by atoms with Gasteiger partial charge in [0, 0.05) is 18.3 Å².